The van der Waals surface area contributed by atoms with Crippen LogP contribution in [-0.4, -0.2) is 16.3 Å². The molecule has 0 radical (unpaired) electrons. The zero-order chi connectivity index (χ0) is 15.4. The fraction of sp³-hybridized carbons (Fsp3) is 0.235. The number of hydrogen-bond acceptors (Lipinski definition) is 3. The van der Waals surface area contributed by atoms with Gasteiger partial charge in [0.25, 0.3) is 0 Å². The molecule has 2 aromatic carbocycles. The molecule has 0 bridgehead atoms. The first-order valence-corrected chi connectivity index (χ1v) is 7.67. The van der Waals surface area contributed by atoms with E-state index in [1.807, 2.05) is 32.9 Å². The molecule has 0 spiro atoms. The average Bonchev–Trinajstić information content (AvgIpc) is 2.40. The van der Waals surface area contributed by atoms with Crippen LogP contribution in [0.4, 0.5) is 5.69 Å². The fourth-order valence-corrected chi connectivity index (χ4v) is 2.94. The zero-order valence-electron chi connectivity index (χ0n) is 12.4. The van der Waals surface area contributed by atoms with Crippen LogP contribution in [0.2, 0.25) is 0 Å². The van der Waals surface area contributed by atoms with E-state index in [9.17, 15) is 9.90 Å². The molecule has 0 aromatic heterocycles. The number of benzene rings is 2. The van der Waals surface area contributed by atoms with Gasteiger partial charge in [-0.05, 0) is 68.3 Å². The minimum atomic E-state index is -0.213. The first-order valence-electron chi connectivity index (χ1n) is 6.79. The molecule has 0 heterocycles. The SMILES string of the molecule is Cc1cc(C)cc(NC(=O)[C@@H](C)Sc2ccc(O)cc2)c1. The van der Waals surface area contributed by atoms with Gasteiger partial charge in [-0.15, -0.1) is 11.8 Å². The maximum absolute atomic E-state index is 12.2. The number of anilines is 1. The van der Waals surface area contributed by atoms with Crippen LogP contribution >= 0.6 is 11.8 Å². The monoisotopic (exact) mass is 301 g/mol. The summed E-state index contributed by atoms with van der Waals surface area (Å²) in [6.45, 7) is 5.89. The molecule has 2 N–H and O–H groups in total. The third kappa shape index (κ3) is 4.53. The maximum Gasteiger partial charge on any atom is 0.237 e. The van der Waals surface area contributed by atoms with Crippen LogP contribution in [0.25, 0.3) is 0 Å². The highest BCUT2D eigenvalue weighted by atomic mass is 32.2. The molecule has 0 saturated heterocycles. The normalized spacial score (nSPS) is 12.0. The first-order chi connectivity index (χ1) is 9.94. The number of phenols is 1. The summed E-state index contributed by atoms with van der Waals surface area (Å²) in [5.74, 6) is 0.199. The molecule has 1 amide bonds. The second-order valence-electron chi connectivity index (χ2n) is 5.12. The van der Waals surface area contributed by atoms with E-state index in [0.717, 1.165) is 21.7 Å². The molecule has 0 unspecified atom stereocenters. The van der Waals surface area contributed by atoms with Gasteiger partial charge in [-0.25, -0.2) is 0 Å². The zero-order valence-corrected chi connectivity index (χ0v) is 13.2. The number of amides is 1. The summed E-state index contributed by atoms with van der Waals surface area (Å²) in [7, 11) is 0. The quantitative estimate of drug-likeness (QED) is 0.835. The average molecular weight is 301 g/mol. The van der Waals surface area contributed by atoms with Gasteiger partial charge in [0, 0.05) is 10.6 Å². The molecule has 110 valence electrons. The van der Waals surface area contributed by atoms with E-state index >= 15 is 0 Å². The van der Waals surface area contributed by atoms with Crippen molar-refractivity contribution in [2.45, 2.75) is 30.9 Å². The predicted octanol–water partition coefficient (Wildman–Crippen LogP) is 4.13. The summed E-state index contributed by atoms with van der Waals surface area (Å²) in [5, 5.41) is 12.0. The van der Waals surface area contributed by atoms with E-state index in [1.165, 1.54) is 11.8 Å². The Labute approximate surface area is 129 Å². The Morgan fingerprint density at radius 3 is 2.24 bits per heavy atom. The Hall–Kier alpha value is -1.94. The first kappa shape index (κ1) is 15.4. The lowest BCUT2D eigenvalue weighted by Crippen LogP contribution is -2.22. The Balaban J connectivity index is 2.00. The molecule has 0 aliphatic rings. The number of aryl methyl sites for hydroxylation is 2. The van der Waals surface area contributed by atoms with Crippen molar-refractivity contribution in [3.8, 4) is 5.75 Å². The van der Waals surface area contributed by atoms with Crippen LogP contribution in [0, 0.1) is 13.8 Å². The molecule has 4 heteroatoms. The van der Waals surface area contributed by atoms with E-state index < -0.39 is 0 Å². The van der Waals surface area contributed by atoms with Gasteiger partial charge in [-0.1, -0.05) is 6.07 Å². The van der Waals surface area contributed by atoms with E-state index in [4.69, 9.17) is 0 Å². The number of phenolic OH excluding ortho intramolecular Hbond substituents is 1. The van der Waals surface area contributed by atoms with Gasteiger partial charge in [-0.3, -0.25) is 4.79 Å². The van der Waals surface area contributed by atoms with Crippen molar-refractivity contribution in [3.05, 3.63) is 53.6 Å². The van der Waals surface area contributed by atoms with Gasteiger partial charge in [0.15, 0.2) is 0 Å². The van der Waals surface area contributed by atoms with E-state index in [-0.39, 0.29) is 16.9 Å². The summed E-state index contributed by atoms with van der Waals surface area (Å²) < 4.78 is 0. The minimum Gasteiger partial charge on any atom is -0.508 e. The van der Waals surface area contributed by atoms with Crippen molar-refractivity contribution in [3.63, 3.8) is 0 Å². The van der Waals surface area contributed by atoms with Gasteiger partial charge < -0.3 is 10.4 Å². The Bertz CT molecular complexity index is 617. The molecule has 3 nitrogen and oxygen atoms in total. The molecule has 2 aromatic rings. The van der Waals surface area contributed by atoms with Gasteiger partial charge in [-0.2, -0.15) is 0 Å². The van der Waals surface area contributed by atoms with Crippen molar-refractivity contribution in [1.29, 1.82) is 0 Å². The number of rotatable bonds is 4. The highest BCUT2D eigenvalue weighted by Gasteiger charge is 2.14. The van der Waals surface area contributed by atoms with Crippen LogP contribution in [-0.2, 0) is 4.79 Å². The smallest absolute Gasteiger partial charge is 0.237 e. The molecule has 0 fully saturated rings. The molecule has 0 aliphatic heterocycles. The lowest BCUT2D eigenvalue weighted by molar-refractivity contribution is -0.115. The number of carbonyl (C=O) groups excluding carboxylic acids is 1. The lowest BCUT2D eigenvalue weighted by Gasteiger charge is -2.13. The van der Waals surface area contributed by atoms with Crippen molar-refractivity contribution in [1.82, 2.24) is 0 Å². The Morgan fingerprint density at radius 2 is 1.67 bits per heavy atom. The lowest BCUT2D eigenvalue weighted by atomic mass is 10.1. The van der Waals surface area contributed by atoms with Crippen LogP contribution in [0.1, 0.15) is 18.1 Å². The van der Waals surface area contributed by atoms with Crippen LogP contribution in [0.3, 0.4) is 0 Å². The van der Waals surface area contributed by atoms with E-state index in [1.54, 1.807) is 24.3 Å². The van der Waals surface area contributed by atoms with Crippen LogP contribution in [0.5, 0.6) is 5.75 Å². The summed E-state index contributed by atoms with van der Waals surface area (Å²) in [4.78, 5) is 13.2. The molecular formula is C17H19NO2S. The van der Waals surface area contributed by atoms with Crippen molar-refractivity contribution in [2.24, 2.45) is 0 Å². The van der Waals surface area contributed by atoms with E-state index in [2.05, 4.69) is 11.4 Å². The number of aromatic hydroxyl groups is 1. The topological polar surface area (TPSA) is 49.3 Å². The fourth-order valence-electron chi connectivity index (χ4n) is 2.07. The van der Waals surface area contributed by atoms with Crippen LogP contribution in [0.15, 0.2) is 47.4 Å². The second-order valence-corrected chi connectivity index (χ2v) is 6.53. The summed E-state index contributed by atoms with van der Waals surface area (Å²) in [6.07, 6.45) is 0. The highest BCUT2D eigenvalue weighted by molar-refractivity contribution is 8.00. The minimum absolute atomic E-state index is 0.0296. The van der Waals surface area contributed by atoms with Crippen molar-refractivity contribution < 1.29 is 9.90 Å². The number of nitrogens with one attached hydrogen (secondary N) is 1. The van der Waals surface area contributed by atoms with Gasteiger partial charge in [0.1, 0.15) is 5.75 Å². The molecule has 1 atom stereocenters. The summed E-state index contributed by atoms with van der Waals surface area (Å²) >= 11 is 1.46. The predicted molar refractivity (Wildman–Crippen MR) is 88.0 cm³/mol. The van der Waals surface area contributed by atoms with Crippen molar-refractivity contribution in [2.75, 3.05) is 5.32 Å². The van der Waals surface area contributed by atoms with Gasteiger partial charge in [0.05, 0.1) is 5.25 Å². The highest BCUT2D eigenvalue weighted by Crippen LogP contribution is 2.26. The van der Waals surface area contributed by atoms with Gasteiger partial charge in [0.2, 0.25) is 5.91 Å². The molecular weight excluding hydrogens is 282 g/mol. The van der Waals surface area contributed by atoms with Crippen LogP contribution < -0.4 is 5.32 Å². The van der Waals surface area contributed by atoms with Crippen molar-refractivity contribution >= 4 is 23.4 Å². The molecule has 2 rings (SSSR count). The summed E-state index contributed by atoms with van der Waals surface area (Å²) in [6, 6.07) is 12.9. The van der Waals surface area contributed by atoms with Gasteiger partial charge >= 0.3 is 0 Å². The third-order valence-electron chi connectivity index (χ3n) is 3.01. The number of hydrogen-bond donors (Lipinski definition) is 2. The largest absolute Gasteiger partial charge is 0.508 e. The Morgan fingerprint density at radius 1 is 1.10 bits per heavy atom. The maximum atomic E-state index is 12.2. The standard InChI is InChI=1S/C17H19NO2S/c1-11-8-12(2)10-14(9-11)18-17(20)13(3)21-16-6-4-15(19)5-7-16/h4-10,13,19H,1-3H3,(H,18,20)/t13-/m1/s1. The number of thioether (sulfide) groups is 1. The third-order valence-corrected chi connectivity index (χ3v) is 4.12. The number of carbonyl (C=O) groups is 1. The summed E-state index contributed by atoms with van der Waals surface area (Å²) in [5.41, 5.74) is 3.09. The Kier molecular flexibility index (Phi) is 4.91. The molecule has 0 aliphatic carbocycles. The second kappa shape index (κ2) is 6.68. The molecule has 0 saturated carbocycles. The molecule has 21 heavy (non-hydrogen) atoms. The van der Waals surface area contributed by atoms with E-state index in [0.29, 0.717) is 0 Å².